The van der Waals surface area contributed by atoms with Crippen molar-refractivity contribution in [3.05, 3.63) is 65.4 Å². The molecule has 0 fully saturated rings. The molecule has 130 valence electrons. The molecule has 1 heterocycles. The predicted octanol–water partition coefficient (Wildman–Crippen LogP) is 3.75. The van der Waals surface area contributed by atoms with Gasteiger partial charge in [0.15, 0.2) is 5.58 Å². The van der Waals surface area contributed by atoms with Crippen molar-refractivity contribution >= 4 is 16.9 Å². The van der Waals surface area contributed by atoms with Crippen molar-refractivity contribution in [2.75, 3.05) is 6.54 Å². The second kappa shape index (κ2) is 6.96. The summed E-state index contributed by atoms with van der Waals surface area (Å²) in [4.78, 5) is 12.0. The smallest absolute Gasteiger partial charge is 0.356 e. The second-order valence-corrected chi connectivity index (χ2v) is 5.60. The van der Waals surface area contributed by atoms with Crippen LogP contribution in [0.15, 0.2) is 53.1 Å². The van der Waals surface area contributed by atoms with Crippen LogP contribution >= 0.6 is 0 Å². The number of carbonyl (C=O) groups is 1. The molecule has 0 unspecified atom stereocenters. The first-order valence-electron chi connectivity index (χ1n) is 7.69. The van der Waals surface area contributed by atoms with Gasteiger partial charge in [-0.05, 0) is 36.2 Å². The van der Waals surface area contributed by atoms with Crippen LogP contribution in [0.3, 0.4) is 0 Å². The first-order valence-corrected chi connectivity index (χ1v) is 7.69. The Bertz CT molecular complexity index is 870. The van der Waals surface area contributed by atoms with Crippen molar-refractivity contribution in [3.8, 4) is 0 Å². The van der Waals surface area contributed by atoms with Crippen LogP contribution in [0.25, 0.3) is 11.0 Å². The lowest BCUT2D eigenvalue weighted by Gasteiger charge is -2.08. The molecule has 7 heteroatoms. The maximum atomic E-state index is 12.5. The van der Waals surface area contributed by atoms with E-state index in [9.17, 15) is 18.0 Å². The van der Waals surface area contributed by atoms with Gasteiger partial charge in [-0.15, -0.1) is 0 Å². The van der Waals surface area contributed by atoms with Crippen LogP contribution in [0, 0.1) is 0 Å². The van der Waals surface area contributed by atoms with E-state index in [2.05, 4.69) is 10.5 Å². The van der Waals surface area contributed by atoms with Crippen LogP contribution in [0.2, 0.25) is 0 Å². The van der Waals surface area contributed by atoms with Crippen LogP contribution in [-0.2, 0) is 23.8 Å². The first kappa shape index (κ1) is 17.0. The molecule has 0 aliphatic carbocycles. The summed E-state index contributed by atoms with van der Waals surface area (Å²) in [5.74, 6) is -0.217. The predicted molar refractivity (Wildman–Crippen MR) is 85.9 cm³/mol. The monoisotopic (exact) mass is 348 g/mol. The molecule has 0 aliphatic heterocycles. The third-order valence-corrected chi connectivity index (χ3v) is 3.80. The van der Waals surface area contributed by atoms with Gasteiger partial charge in [-0.2, -0.15) is 13.2 Å². The van der Waals surface area contributed by atoms with E-state index in [1.165, 1.54) is 12.1 Å². The molecule has 1 amide bonds. The number of rotatable bonds is 5. The summed E-state index contributed by atoms with van der Waals surface area (Å²) in [6, 6.07) is 12.2. The molecule has 0 saturated carbocycles. The number of hydrogen-bond donors (Lipinski definition) is 1. The van der Waals surface area contributed by atoms with Crippen molar-refractivity contribution in [2.45, 2.75) is 19.0 Å². The Morgan fingerprint density at radius 3 is 2.52 bits per heavy atom. The third-order valence-electron chi connectivity index (χ3n) is 3.80. The van der Waals surface area contributed by atoms with Gasteiger partial charge in [-0.25, -0.2) is 0 Å². The number of nitrogens with zero attached hydrogens (tertiary/aromatic N) is 1. The molecule has 3 aromatic rings. The molecule has 25 heavy (non-hydrogen) atoms. The summed E-state index contributed by atoms with van der Waals surface area (Å²) < 4.78 is 42.6. The van der Waals surface area contributed by atoms with E-state index in [-0.39, 0.29) is 12.3 Å². The van der Waals surface area contributed by atoms with Crippen molar-refractivity contribution < 1.29 is 22.5 Å². The minimum atomic E-state index is -4.34. The minimum absolute atomic E-state index is 0.0873. The largest absolute Gasteiger partial charge is 0.416 e. The van der Waals surface area contributed by atoms with Gasteiger partial charge in [0, 0.05) is 11.9 Å². The molecule has 1 aromatic heterocycles. The zero-order valence-corrected chi connectivity index (χ0v) is 13.1. The molecule has 4 nitrogen and oxygen atoms in total. The Morgan fingerprint density at radius 1 is 1.08 bits per heavy atom. The van der Waals surface area contributed by atoms with Gasteiger partial charge in [-0.3, -0.25) is 4.79 Å². The lowest BCUT2D eigenvalue weighted by Crippen LogP contribution is -2.27. The number of halogens is 3. The SMILES string of the molecule is O=C(Cc1noc2ccccc12)NCCc1ccc(C(F)(F)F)cc1. The Morgan fingerprint density at radius 2 is 1.80 bits per heavy atom. The van der Waals surface area contributed by atoms with E-state index >= 15 is 0 Å². The fourth-order valence-corrected chi connectivity index (χ4v) is 2.49. The highest BCUT2D eigenvalue weighted by atomic mass is 19.4. The molecule has 1 N–H and O–H groups in total. The fraction of sp³-hybridized carbons (Fsp3) is 0.222. The average Bonchev–Trinajstić information content (AvgIpc) is 2.98. The maximum Gasteiger partial charge on any atom is 0.416 e. The quantitative estimate of drug-likeness (QED) is 0.764. The van der Waals surface area contributed by atoms with Crippen LogP contribution in [-0.4, -0.2) is 17.6 Å². The van der Waals surface area contributed by atoms with Gasteiger partial charge in [0.2, 0.25) is 5.91 Å². The first-order chi connectivity index (χ1) is 11.9. The summed E-state index contributed by atoms with van der Waals surface area (Å²) in [5.41, 5.74) is 1.22. The molecule has 3 rings (SSSR count). The number of fused-ring (bicyclic) bond motifs is 1. The van der Waals surface area contributed by atoms with Crippen LogP contribution in [0.4, 0.5) is 13.2 Å². The van der Waals surface area contributed by atoms with E-state index in [4.69, 9.17) is 4.52 Å². The number of para-hydroxylation sites is 1. The van der Waals surface area contributed by atoms with Crippen LogP contribution in [0.5, 0.6) is 0 Å². The van der Waals surface area contributed by atoms with Crippen molar-refractivity contribution in [1.29, 1.82) is 0 Å². The van der Waals surface area contributed by atoms with Crippen molar-refractivity contribution in [3.63, 3.8) is 0 Å². The minimum Gasteiger partial charge on any atom is -0.356 e. The molecule has 0 bridgehead atoms. The van der Waals surface area contributed by atoms with Gasteiger partial charge < -0.3 is 9.84 Å². The highest BCUT2D eigenvalue weighted by molar-refractivity contribution is 5.86. The van der Waals surface area contributed by atoms with E-state index < -0.39 is 11.7 Å². The van der Waals surface area contributed by atoms with Gasteiger partial charge in [0.1, 0.15) is 5.69 Å². The molecule has 0 radical (unpaired) electrons. The van der Waals surface area contributed by atoms with Gasteiger partial charge in [0.05, 0.1) is 12.0 Å². The summed E-state index contributed by atoms with van der Waals surface area (Å²) in [6.07, 6.45) is -3.80. The van der Waals surface area contributed by atoms with Gasteiger partial charge in [-0.1, -0.05) is 29.4 Å². The number of nitrogens with one attached hydrogen (secondary N) is 1. The molecular formula is C18H15F3N2O2. The lowest BCUT2D eigenvalue weighted by atomic mass is 10.1. The lowest BCUT2D eigenvalue weighted by molar-refractivity contribution is -0.137. The zero-order chi connectivity index (χ0) is 17.9. The summed E-state index contributed by atoms with van der Waals surface area (Å²) in [6.45, 7) is 0.333. The van der Waals surface area contributed by atoms with E-state index in [1.54, 1.807) is 6.07 Å². The summed E-state index contributed by atoms with van der Waals surface area (Å²) in [5, 5.41) is 7.42. The maximum absolute atomic E-state index is 12.5. The second-order valence-electron chi connectivity index (χ2n) is 5.60. The topological polar surface area (TPSA) is 55.1 Å². The number of benzene rings is 2. The summed E-state index contributed by atoms with van der Waals surface area (Å²) in [7, 11) is 0. The molecule has 2 aromatic carbocycles. The van der Waals surface area contributed by atoms with Crippen LogP contribution in [0.1, 0.15) is 16.8 Å². The molecule has 0 spiro atoms. The van der Waals surface area contributed by atoms with Crippen molar-refractivity contribution in [1.82, 2.24) is 10.5 Å². The highest BCUT2D eigenvalue weighted by Crippen LogP contribution is 2.29. The summed E-state index contributed by atoms with van der Waals surface area (Å²) >= 11 is 0. The Kier molecular flexibility index (Phi) is 4.74. The van der Waals surface area contributed by atoms with E-state index in [0.717, 1.165) is 23.1 Å². The van der Waals surface area contributed by atoms with Gasteiger partial charge in [0.25, 0.3) is 0 Å². The molecular weight excluding hydrogens is 333 g/mol. The average molecular weight is 348 g/mol. The highest BCUT2D eigenvalue weighted by Gasteiger charge is 2.29. The fourth-order valence-electron chi connectivity index (χ4n) is 2.49. The Labute approximate surface area is 141 Å². The van der Waals surface area contributed by atoms with E-state index in [1.807, 2.05) is 18.2 Å². The van der Waals surface area contributed by atoms with Crippen LogP contribution < -0.4 is 5.32 Å². The van der Waals surface area contributed by atoms with E-state index in [0.29, 0.717) is 24.2 Å². The van der Waals surface area contributed by atoms with Gasteiger partial charge >= 0.3 is 6.18 Å². The Hall–Kier alpha value is -2.83. The number of amides is 1. The third kappa shape index (κ3) is 4.17. The number of hydrogen-bond acceptors (Lipinski definition) is 3. The Balaban J connectivity index is 1.51. The standard InChI is InChI=1S/C18H15F3N2O2/c19-18(20,21)13-7-5-12(6-8-13)9-10-22-17(24)11-15-14-3-1-2-4-16(14)25-23-15/h1-8H,9-11H2,(H,22,24). The number of alkyl halides is 3. The molecule has 0 atom stereocenters. The number of aromatic nitrogens is 1. The zero-order valence-electron chi connectivity index (χ0n) is 13.1. The van der Waals surface area contributed by atoms with Crippen molar-refractivity contribution in [2.24, 2.45) is 0 Å². The molecule has 0 saturated heterocycles. The normalized spacial score (nSPS) is 11.6. The number of carbonyl (C=O) groups excluding carboxylic acids is 1. The molecule has 0 aliphatic rings.